The molecule has 1 heterocycles. The van der Waals surface area contributed by atoms with Crippen LogP contribution in [0.5, 0.6) is 0 Å². The van der Waals surface area contributed by atoms with Gasteiger partial charge in [0.2, 0.25) is 5.91 Å². The van der Waals surface area contributed by atoms with Crippen LogP contribution < -0.4 is 5.73 Å². The van der Waals surface area contributed by atoms with Crippen LogP contribution in [0.4, 0.5) is 0 Å². The molecule has 1 saturated heterocycles. The third-order valence-corrected chi connectivity index (χ3v) is 4.35. The SMILES string of the molecule is COCCN(C(=O)CC(CN)OC)C1CCSC1. The minimum Gasteiger partial charge on any atom is -0.383 e. The van der Waals surface area contributed by atoms with E-state index in [0.29, 0.717) is 32.2 Å². The predicted octanol–water partition coefficient (Wildman–Crippen LogP) is 0.331. The van der Waals surface area contributed by atoms with E-state index in [1.165, 1.54) is 0 Å². The van der Waals surface area contributed by atoms with E-state index in [1.807, 2.05) is 16.7 Å². The van der Waals surface area contributed by atoms with Gasteiger partial charge in [0.15, 0.2) is 0 Å². The Bertz CT molecular complexity index is 243. The number of carbonyl (C=O) groups excluding carboxylic acids is 1. The first kappa shape index (κ1) is 15.8. The van der Waals surface area contributed by atoms with Crippen LogP contribution in [0.2, 0.25) is 0 Å². The minimum absolute atomic E-state index is 0.122. The quantitative estimate of drug-likeness (QED) is 0.692. The van der Waals surface area contributed by atoms with Crippen LogP contribution in [0.25, 0.3) is 0 Å². The van der Waals surface area contributed by atoms with Crippen LogP contribution in [-0.4, -0.2) is 68.4 Å². The second-order valence-electron chi connectivity index (χ2n) is 4.39. The number of nitrogens with two attached hydrogens (primary N) is 1. The van der Waals surface area contributed by atoms with Crippen molar-refractivity contribution in [3.63, 3.8) is 0 Å². The van der Waals surface area contributed by atoms with E-state index >= 15 is 0 Å². The van der Waals surface area contributed by atoms with E-state index in [4.69, 9.17) is 15.2 Å². The fourth-order valence-electron chi connectivity index (χ4n) is 2.04. The molecule has 2 unspecified atom stereocenters. The number of thioether (sulfide) groups is 1. The number of amides is 1. The topological polar surface area (TPSA) is 64.8 Å². The lowest BCUT2D eigenvalue weighted by Gasteiger charge is -2.29. The Labute approximate surface area is 113 Å². The van der Waals surface area contributed by atoms with Crippen molar-refractivity contribution in [2.75, 3.05) is 45.4 Å². The Kier molecular flexibility index (Phi) is 7.65. The summed E-state index contributed by atoms with van der Waals surface area (Å²) in [4.78, 5) is 14.2. The van der Waals surface area contributed by atoms with Crippen molar-refractivity contribution in [3.8, 4) is 0 Å². The predicted molar refractivity (Wildman–Crippen MR) is 73.8 cm³/mol. The molecule has 0 aromatic rings. The first-order valence-corrected chi connectivity index (χ1v) is 7.47. The molecule has 5 nitrogen and oxygen atoms in total. The number of nitrogens with zero attached hydrogens (tertiary/aromatic N) is 1. The molecule has 0 radical (unpaired) electrons. The number of hydrogen-bond acceptors (Lipinski definition) is 5. The highest BCUT2D eigenvalue weighted by atomic mass is 32.2. The van der Waals surface area contributed by atoms with Gasteiger partial charge in [-0.2, -0.15) is 11.8 Å². The molecule has 0 aliphatic carbocycles. The molecular formula is C12H24N2O3S. The standard InChI is InChI=1S/C12H24N2O3S/c1-16-5-4-14(10-3-6-18-9-10)12(15)7-11(8-13)17-2/h10-11H,3-9,13H2,1-2H3. The Morgan fingerprint density at radius 2 is 2.33 bits per heavy atom. The third kappa shape index (κ3) is 4.76. The summed E-state index contributed by atoms with van der Waals surface area (Å²) in [6.45, 7) is 1.61. The maximum atomic E-state index is 12.3. The van der Waals surface area contributed by atoms with Gasteiger partial charge in [-0.05, 0) is 12.2 Å². The molecule has 1 aliphatic rings. The molecule has 0 spiro atoms. The average Bonchev–Trinajstić information content (AvgIpc) is 2.90. The van der Waals surface area contributed by atoms with Crippen LogP contribution in [0.3, 0.4) is 0 Å². The van der Waals surface area contributed by atoms with Gasteiger partial charge in [0.05, 0.1) is 19.1 Å². The molecule has 1 amide bonds. The highest BCUT2D eigenvalue weighted by Crippen LogP contribution is 2.23. The first-order valence-electron chi connectivity index (χ1n) is 6.32. The summed E-state index contributed by atoms with van der Waals surface area (Å²) in [6, 6.07) is 0.341. The van der Waals surface area contributed by atoms with E-state index in [-0.39, 0.29) is 12.0 Å². The fourth-order valence-corrected chi connectivity index (χ4v) is 3.27. The van der Waals surface area contributed by atoms with E-state index in [0.717, 1.165) is 17.9 Å². The molecule has 0 aromatic carbocycles. The fraction of sp³-hybridized carbons (Fsp3) is 0.917. The second-order valence-corrected chi connectivity index (χ2v) is 5.54. The lowest BCUT2D eigenvalue weighted by molar-refractivity contribution is -0.136. The normalized spacial score (nSPS) is 20.9. The van der Waals surface area contributed by atoms with Crippen molar-refractivity contribution in [2.24, 2.45) is 5.73 Å². The lowest BCUT2D eigenvalue weighted by atomic mass is 10.1. The number of hydrogen-bond donors (Lipinski definition) is 1. The van der Waals surface area contributed by atoms with Crippen molar-refractivity contribution >= 4 is 17.7 Å². The van der Waals surface area contributed by atoms with E-state index in [9.17, 15) is 4.79 Å². The van der Waals surface area contributed by atoms with Gasteiger partial charge < -0.3 is 20.1 Å². The van der Waals surface area contributed by atoms with Gasteiger partial charge >= 0.3 is 0 Å². The molecule has 0 bridgehead atoms. The Morgan fingerprint density at radius 3 is 2.83 bits per heavy atom. The number of methoxy groups -OCH3 is 2. The van der Waals surface area contributed by atoms with Gasteiger partial charge in [0.25, 0.3) is 0 Å². The number of carbonyl (C=O) groups is 1. The summed E-state index contributed by atoms with van der Waals surface area (Å²) in [5.74, 6) is 2.28. The molecule has 2 N–H and O–H groups in total. The third-order valence-electron chi connectivity index (χ3n) is 3.20. The van der Waals surface area contributed by atoms with E-state index in [1.54, 1.807) is 14.2 Å². The number of rotatable bonds is 8. The van der Waals surface area contributed by atoms with E-state index < -0.39 is 0 Å². The van der Waals surface area contributed by atoms with Crippen molar-refractivity contribution in [1.29, 1.82) is 0 Å². The molecular weight excluding hydrogens is 252 g/mol. The molecule has 2 atom stereocenters. The Hall–Kier alpha value is -0.300. The van der Waals surface area contributed by atoms with Gasteiger partial charge in [0.1, 0.15) is 0 Å². The van der Waals surface area contributed by atoms with Gasteiger partial charge in [-0.15, -0.1) is 0 Å². The van der Waals surface area contributed by atoms with Crippen LogP contribution in [0.15, 0.2) is 0 Å². The molecule has 18 heavy (non-hydrogen) atoms. The van der Waals surface area contributed by atoms with Gasteiger partial charge in [0, 0.05) is 39.1 Å². The van der Waals surface area contributed by atoms with Crippen molar-refractivity contribution in [1.82, 2.24) is 4.90 Å². The summed E-state index contributed by atoms with van der Waals surface area (Å²) < 4.78 is 10.3. The van der Waals surface area contributed by atoms with Crippen molar-refractivity contribution in [3.05, 3.63) is 0 Å². The summed E-state index contributed by atoms with van der Waals surface area (Å²) in [6.07, 6.45) is 1.25. The Morgan fingerprint density at radius 1 is 1.56 bits per heavy atom. The van der Waals surface area contributed by atoms with Crippen LogP contribution >= 0.6 is 11.8 Å². The van der Waals surface area contributed by atoms with Crippen LogP contribution in [0, 0.1) is 0 Å². The van der Waals surface area contributed by atoms with E-state index in [2.05, 4.69) is 0 Å². The molecule has 0 saturated carbocycles. The maximum absolute atomic E-state index is 12.3. The zero-order valence-corrected chi connectivity index (χ0v) is 12.1. The van der Waals surface area contributed by atoms with Crippen molar-refractivity contribution < 1.29 is 14.3 Å². The molecule has 6 heteroatoms. The van der Waals surface area contributed by atoms with Gasteiger partial charge in [-0.25, -0.2) is 0 Å². The molecule has 1 aliphatic heterocycles. The molecule has 0 aromatic heterocycles. The minimum atomic E-state index is -0.184. The highest BCUT2D eigenvalue weighted by molar-refractivity contribution is 7.99. The lowest BCUT2D eigenvalue weighted by Crippen LogP contribution is -2.44. The van der Waals surface area contributed by atoms with Gasteiger partial charge in [-0.3, -0.25) is 4.79 Å². The molecule has 106 valence electrons. The highest BCUT2D eigenvalue weighted by Gasteiger charge is 2.27. The second kappa shape index (κ2) is 8.74. The summed E-state index contributed by atoms with van der Waals surface area (Å²) in [5, 5.41) is 0. The summed E-state index contributed by atoms with van der Waals surface area (Å²) in [5.41, 5.74) is 5.56. The molecule has 1 fully saturated rings. The van der Waals surface area contributed by atoms with Crippen LogP contribution in [-0.2, 0) is 14.3 Å². The average molecular weight is 276 g/mol. The molecule has 1 rings (SSSR count). The summed E-state index contributed by atoms with van der Waals surface area (Å²) in [7, 11) is 3.25. The Balaban J connectivity index is 2.54. The largest absolute Gasteiger partial charge is 0.383 e. The number of ether oxygens (including phenoxy) is 2. The van der Waals surface area contributed by atoms with Crippen LogP contribution in [0.1, 0.15) is 12.8 Å². The summed E-state index contributed by atoms with van der Waals surface area (Å²) >= 11 is 1.90. The monoisotopic (exact) mass is 276 g/mol. The first-order chi connectivity index (χ1) is 8.72. The zero-order valence-electron chi connectivity index (χ0n) is 11.3. The van der Waals surface area contributed by atoms with Crippen molar-refractivity contribution in [2.45, 2.75) is 25.0 Å². The van der Waals surface area contributed by atoms with Gasteiger partial charge in [-0.1, -0.05) is 0 Å². The zero-order chi connectivity index (χ0) is 13.4. The maximum Gasteiger partial charge on any atom is 0.225 e. The smallest absolute Gasteiger partial charge is 0.225 e.